The molecule has 0 fully saturated rings. The van der Waals surface area contributed by atoms with Gasteiger partial charge in [0.1, 0.15) is 5.75 Å². The molecule has 0 amide bonds. The van der Waals surface area contributed by atoms with E-state index in [4.69, 9.17) is 27.9 Å². The summed E-state index contributed by atoms with van der Waals surface area (Å²) >= 11 is 12.6. The number of fused-ring (bicyclic) bond motifs is 5. The second-order valence-corrected chi connectivity index (χ2v) is 46.2. The Morgan fingerprint density at radius 1 is 0.392 bits per heavy atom. The Morgan fingerprint density at radius 2 is 0.667 bits per heavy atom. The molecule has 26 heteroatoms. The zero-order chi connectivity index (χ0) is 77.9. The van der Waals surface area contributed by atoms with Crippen molar-refractivity contribution in [1.29, 1.82) is 0 Å². The fraction of sp³-hybridized carbons (Fsp3) is 0.487. The van der Waals surface area contributed by atoms with E-state index in [1.165, 1.54) is 35.3 Å². The number of alkyl halides is 2. The monoisotopic (exact) mass is 1540 g/mol. The van der Waals surface area contributed by atoms with Crippen molar-refractivity contribution in [3.8, 4) is 5.75 Å². The minimum absolute atomic E-state index is 0.00628. The number of methoxy groups -OCH3 is 1. The number of hydrogen-bond acceptors (Lipinski definition) is 12. The highest BCUT2D eigenvalue weighted by Crippen LogP contribution is 2.42. The van der Waals surface area contributed by atoms with E-state index in [1.54, 1.807) is 48.4 Å². The van der Waals surface area contributed by atoms with Gasteiger partial charge in [0.25, 0.3) is 6.43 Å². The maximum atomic E-state index is 13.4. The van der Waals surface area contributed by atoms with Crippen molar-refractivity contribution in [2.75, 3.05) is 38.4 Å². The minimum atomic E-state index is -3.15. The number of hydrogen-bond donors (Lipinski definition) is 0. The molecule has 0 spiro atoms. The highest BCUT2D eigenvalue weighted by molar-refractivity contribution is 7.99. The molecule has 0 saturated carbocycles. The average molecular weight is 1540 g/mol. The predicted molar refractivity (Wildman–Crippen MR) is 437 cm³/mol. The maximum absolute atomic E-state index is 13.4. The number of aromatic nitrogens is 10. The fourth-order valence-electron chi connectivity index (χ4n) is 12.6. The number of para-hydroxylation sites is 1. The first-order valence-electron chi connectivity index (χ1n) is 33.0. The van der Waals surface area contributed by atoms with E-state index in [2.05, 4.69) is 156 Å². The number of nitrogens with zero attached hydrogens (tertiary/aromatic N) is 10. The zero-order valence-electron chi connectivity index (χ0n) is 64.7. The van der Waals surface area contributed by atoms with Gasteiger partial charge in [0.15, 0.2) is 9.84 Å². The molecule has 0 N–H and O–H groups in total. The lowest BCUT2D eigenvalue weighted by molar-refractivity contribution is 0.153. The van der Waals surface area contributed by atoms with E-state index in [1.807, 2.05) is 93.3 Å². The predicted octanol–water partition coefficient (Wildman–Crippen LogP) is 15.5. The van der Waals surface area contributed by atoms with Gasteiger partial charge < -0.3 is 4.74 Å². The van der Waals surface area contributed by atoms with Crippen molar-refractivity contribution < 1.29 is 38.8 Å². The van der Waals surface area contributed by atoms with Crippen LogP contribution < -0.4 is 4.74 Å². The summed E-state index contributed by atoms with van der Waals surface area (Å²) in [6.45, 7) is 32.0. The van der Waals surface area contributed by atoms with Gasteiger partial charge in [0.2, 0.25) is 0 Å². The van der Waals surface area contributed by atoms with E-state index in [0.717, 1.165) is 77.6 Å². The smallest absolute Gasteiger partial charge is 0.264 e. The molecule has 10 rings (SSSR count). The summed E-state index contributed by atoms with van der Waals surface area (Å²) in [6.07, 6.45) is 5.11. The molecule has 4 atom stereocenters. The third-order valence-electron chi connectivity index (χ3n) is 16.7. The Kier molecular flexibility index (Phi) is 25.1. The molecule has 0 radical (unpaired) electrons. The van der Waals surface area contributed by atoms with Gasteiger partial charge in [-0.1, -0.05) is 176 Å². The van der Waals surface area contributed by atoms with Crippen molar-refractivity contribution in [2.45, 2.75) is 166 Å². The van der Waals surface area contributed by atoms with Gasteiger partial charge in [-0.15, -0.1) is 0 Å². The average Bonchev–Trinajstić information content (AvgIpc) is 1.60. The van der Waals surface area contributed by atoms with Crippen molar-refractivity contribution in [1.82, 2.24) is 48.9 Å². The molecule has 0 saturated heterocycles. The van der Waals surface area contributed by atoms with Crippen LogP contribution in [0.5, 0.6) is 5.75 Å². The summed E-state index contributed by atoms with van der Waals surface area (Å²) in [6, 6.07) is 21.2. The van der Waals surface area contributed by atoms with Crippen LogP contribution in [0, 0.1) is 0 Å². The lowest BCUT2D eigenvalue weighted by atomic mass is 9.84. The first-order chi connectivity index (χ1) is 46.1. The highest BCUT2D eigenvalue weighted by atomic mass is 35.5. The molecule has 5 aromatic heterocycles. The number of sulfone groups is 1. The standard InChI is InChI=1S/C16H22F2N2OS.C16H24N2O2S.C15H21ClN2OS.C15H22N2OS.C14H19ClN2O2S/c1-16(2,3)11-8-7-10(15(17)18)13-12(9-22(5,6)21)19-20(4)14(11)13;1-16(2,3)11-8-9-13(20-5)14-12(10-21(6,7)19)17-18(4)15(11)14;1-15(2,3)10-7-8-11(16)13-12(9-20(5,6)19)17-18(4)14(10)13;1-15(2,3)12-9-7-8-11-13(10-19(5,6)18)16-17(4)14(11)12;1-14(2,3)9-6-7-10(15)12-11(8-20(5,18)19)16-17(4)13(9)12/h7-8,15H,5,9H2,1-4,6H3;8-9H,6,10H2,1-5,7H3;7-8H,5,9H2,1-4,6H3;7-9H,5,10H2,1-4,6H3;6-7H,8H2,1-5H3. The Labute approximate surface area is 616 Å². The van der Waals surface area contributed by atoms with Gasteiger partial charge in [-0.05, 0) is 135 Å². The number of benzene rings is 5. The van der Waals surface area contributed by atoms with Crippen LogP contribution in [0.2, 0.25) is 10.0 Å². The molecular formula is C76H108Cl2F2N10O7S5. The molecule has 0 bridgehead atoms. The van der Waals surface area contributed by atoms with Crippen molar-refractivity contribution in [3.63, 3.8) is 0 Å². The van der Waals surface area contributed by atoms with Crippen molar-refractivity contribution >= 4 is 149 Å². The van der Waals surface area contributed by atoms with Gasteiger partial charge in [-0.2, -0.15) is 25.5 Å². The summed E-state index contributed by atoms with van der Waals surface area (Å²) < 4.78 is 112. The quantitative estimate of drug-likeness (QED) is 0.105. The van der Waals surface area contributed by atoms with E-state index in [9.17, 15) is 34.0 Å². The molecule has 102 heavy (non-hydrogen) atoms. The SMILES string of the molecule is C=S(C)(=O)Cc1nn(C)c2c(C(C)(C)C)ccc(C(F)F)c12.C=S(C)(=O)Cc1nn(C)c2c(C(C)(C)C)ccc(Cl)c12.C=S(C)(=O)Cc1nn(C)c2c(C(C)(C)C)ccc(OC)c12.C=S(C)(=O)Cc1nn(C)c2c(C(C)(C)C)cccc12.Cn1nc(CS(C)(=O)=O)c2c(Cl)ccc(C(C)(C)C)c21. The lowest BCUT2D eigenvalue weighted by Gasteiger charge is -2.21. The van der Waals surface area contributed by atoms with Crippen LogP contribution >= 0.6 is 23.2 Å². The molecular weight excluding hydrogens is 1430 g/mol. The largest absolute Gasteiger partial charge is 0.496 e. The van der Waals surface area contributed by atoms with Crippen LogP contribution in [0.4, 0.5) is 8.78 Å². The van der Waals surface area contributed by atoms with Crippen LogP contribution in [-0.4, -0.2) is 136 Å². The molecule has 5 heterocycles. The van der Waals surface area contributed by atoms with Gasteiger partial charge >= 0.3 is 0 Å². The number of ether oxygens (including phenoxy) is 1. The van der Waals surface area contributed by atoms with Crippen LogP contribution in [0.1, 0.15) is 172 Å². The molecule has 17 nitrogen and oxygen atoms in total. The molecule has 10 aromatic rings. The molecule has 562 valence electrons. The van der Waals surface area contributed by atoms with E-state index in [0.29, 0.717) is 49.6 Å². The van der Waals surface area contributed by atoms with E-state index < -0.39 is 54.3 Å². The van der Waals surface area contributed by atoms with Crippen LogP contribution in [0.3, 0.4) is 0 Å². The van der Waals surface area contributed by atoms with Gasteiger partial charge in [0.05, 0.1) is 107 Å². The second kappa shape index (κ2) is 30.3. The van der Waals surface area contributed by atoms with E-state index >= 15 is 0 Å². The first-order valence-corrected chi connectivity index (χ1v) is 45.0. The van der Waals surface area contributed by atoms with Crippen molar-refractivity contribution in [2.24, 2.45) is 35.2 Å². The van der Waals surface area contributed by atoms with Crippen LogP contribution in [-0.2, 0) is 139 Å². The Balaban J connectivity index is 0.000000201. The fourth-order valence-corrected chi connectivity index (χ4v) is 17.0. The van der Waals surface area contributed by atoms with Crippen molar-refractivity contribution in [3.05, 3.63) is 139 Å². The summed E-state index contributed by atoms with van der Waals surface area (Å²) in [5.74, 6) is 16.7. The highest BCUT2D eigenvalue weighted by Gasteiger charge is 2.30. The summed E-state index contributed by atoms with van der Waals surface area (Å²) in [4.78, 5) is 0. The summed E-state index contributed by atoms with van der Waals surface area (Å²) in [5.41, 5.74) is 13.6. The zero-order valence-corrected chi connectivity index (χ0v) is 70.3. The van der Waals surface area contributed by atoms with Crippen LogP contribution in [0.25, 0.3) is 54.5 Å². The number of halogens is 4. The summed E-state index contributed by atoms with van der Waals surface area (Å²) in [5, 5.41) is 27.7. The number of aryl methyl sites for hydroxylation is 5. The van der Waals surface area contributed by atoms with E-state index in [-0.39, 0.29) is 44.1 Å². The minimum Gasteiger partial charge on any atom is -0.496 e. The molecule has 4 unspecified atom stereocenters. The second-order valence-electron chi connectivity index (χ2n) is 32.6. The number of rotatable bonds is 12. The molecule has 0 aliphatic rings. The third-order valence-corrected chi connectivity index (χ3v) is 21.7. The Morgan fingerprint density at radius 3 is 1.00 bits per heavy atom. The summed E-state index contributed by atoms with van der Waals surface area (Å²) in [7, 11) is -0.951. The van der Waals surface area contributed by atoms with Gasteiger partial charge in [-0.25, -0.2) is 17.2 Å². The molecule has 0 aliphatic heterocycles. The maximum Gasteiger partial charge on any atom is 0.264 e. The topological polar surface area (TPSA) is 201 Å². The third kappa shape index (κ3) is 20.8. The lowest BCUT2D eigenvalue weighted by Crippen LogP contribution is -2.13. The molecule has 5 aromatic carbocycles. The van der Waals surface area contributed by atoms with Gasteiger partial charge in [0, 0.05) is 93.6 Å². The van der Waals surface area contributed by atoms with Crippen LogP contribution in [0.15, 0.2) is 66.7 Å². The first kappa shape index (κ1) is 84.7. The normalized spacial score (nSPS) is 15.0. The Bertz CT molecular complexity index is 5290. The Hall–Kier alpha value is -6.28. The molecule has 0 aliphatic carbocycles. The van der Waals surface area contributed by atoms with Gasteiger partial charge in [-0.3, -0.25) is 40.2 Å².